The summed E-state index contributed by atoms with van der Waals surface area (Å²) in [6, 6.07) is 15.6. The van der Waals surface area contributed by atoms with Crippen molar-refractivity contribution < 1.29 is 9.53 Å². The quantitative estimate of drug-likeness (QED) is 0.815. The van der Waals surface area contributed by atoms with Gasteiger partial charge in [0.25, 0.3) is 0 Å². The van der Waals surface area contributed by atoms with Crippen LogP contribution < -0.4 is 10.1 Å². The van der Waals surface area contributed by atoms with Gasteiger partial charge >= 0.3 is 0 Å². The number of carbonyl (C=O) groups excluding carboxylic acids is 1. The summed E-state index contributed by atoms with van der Waals surface area (Å²) in [5.41, 5.74) is 2.01. The largest absolute Gasteiger partial charge is 0.493 e. The summed E-state index contributed by atoms with van der Waals surface area (Å²) < 4.78 is 5.55. The second kappa shape index (κ2) is 7.74. The van der Waals surface area contributed by atoms with Crippen LogP contribution in [-0.4, -0.2) is 18.8 Å². The molecule has 1 N–H and O–H groups in total. The molecule has 0 aliphatic heterocycles. The Kier molecular flexibility index (Phi) is 5.69. The highest BCUT2D eigenvalue weighted by Gasteiger charge is 2.03. The van der Waals surface area contributed by atoms with Crippen molar-refractivity contribution in [3.63, 3.8) is 0 Å². The summed E-state index contributed by atoms with van der Waals surface area (Å²) >= 11 is 1.65. The van der Waals surface area contributed by atoms with Gasteiger partial charge < -0.3 is 10.1 Å². The Hall–Kier alpha value is -1.94. The third-order valence-electron chi connectivity index (χ3n) is 2.97. The zero-order chi connectivity index (χ0) is 15.1. The molecule has 0 saturated carbocycles. The zero-order valence-electron chi connectivity index (χ0n) is 12.3. The number of aryl methyl sites for hydroxylation is 1. The van der Waals surface area contributed by atoms with Crippen molar-refractivity contribution in [2.45, 2.75) is 18.2 Å². The molecule has 0 aliphatic rings. The Balaban J connectivity index is 1.78. The molecule has 0 atom stereocenters. The van der Waals surface area contributed by atoms with Crippen LogP contribution in [0.25, 0.3) is 0 Å². The van der Waals surface area contributed by atoms with E-state index in [0.29, 0.717) is 13.0 Å². The molecule has 0 unspecified atom stereocenters. The first-order valence-electron chi connectivity index (χ1n) is 6.81. The highest BCUT2D eigenvalue weighted by molar-refractivity contribution is 7.98. The molecule has 3 nitrogen and oxygen atoms in total. The van der Waals surface area contributed by atoms with Gasteiger partial charge in [-0.2, -0.15) is 0 Å². The van der Waals surface area contributed by atoms with Crippen LogP contribution in [0.3, 0.4) is 0 Å². The fourth-order valence-electron chi connectivity index (χ4n) is 1.82. The average Bonchev–Trinajstić information content (AvgIpc) is 2.49. The predicted octanol–water partition coefficient (Wildman–Crippen LogP) is 4.12. The molecule has 4 heteroatoms. The lowest BCUT2D eigenvalue weighted by atomic mass is 10.2. The van der Waals surface area contributed by atoms with E-state index in [4.69, 9.17) is 4.74 Å². The lowest BCUT2D eigenvalue weighted by Crippen LogP contribution is -2.15. The van der Waals surface area contributed by atoms with Crippen molar-refractivity contribution >= 4 is 23.4 Å². The maximum Gasteiger partial charge on any atom is 0.227 e. The van der Waals surface area contributed by atoms with Crippen LogP contribution in [0.15, 0.2) is 53.4 Å². The fourth-order valence-corrected chi connectivity index (χ4v) is 2.28. The minimum absolute atomic E-state index is 0.0413. The van der Waals surface area contributed by atoms with Gasteiger partial charge in [-0.25, -0.2) is 0 Å². The Morgan fingerprint density at radius 3 is 2.67 bits per heavy atom. The van der Waals surface area contributed by atoms with Gasteiger partial charge in [0.2, 0.25) is 5.91 Å². The minimum atomic E-state index is -0.0413. The molecule has 1 amide bonds. The number of hydrogen-bond acceptors (Lipinski definition) is 3. The van der Waals surface area contributed by atoms with Gasteiger partial charge in [-0.15, -0.1) is 11.8 Å². The van der Waals surface area contributed by atoms with Gasteiger partial charge in [0.05, 0.1) is 13.0 Å². The van der Waals surface area contributed by atoms with Crippen LogP contribution in [0.1, 0.15) is 12.0 Å². The Labute approximate surface area is 129 Å². The summed E-state index contributed by atoms with van der Waals surface area (Å²) in [6.07, 6.45) is 2.34. The number of anilines is 1. The van der Waals surface area contributed by atoms with Crippen LogP contribution in [0.2, 0.25) is 0 Å². The third kappa shape index (κ3) is 5.16. The van der Waals surface area contributed by atoms with E-state index in [1.807, 2.05) is 61.7 Å². The maximum atomic E-state index is 11.9. The number of ether oxygens (including phenoxy) is 1. The second-order valence-corrected chi connectivity index (χ2v) is 5.57. The SMILES string of the molecule is CSc1cccc(NC(=O)CCOc2ccc(C)cc2)c1. The van der Waals surface area contributed by atoms with Crippen molar-refractivity contribution in [2.75, 3.05) is 18.2 Å². The monoisotopic (exact) mass is 301 g/mol. The van der Waals surface area contributed by atoms with Crippen LogP contribution in [0.5, 0.6) is 5.75 Å². The summed E-state index contributed by atoms with van der Waals surface area (Å²) in [4.78, 5) is 13.0. The van der Waals surface area contributed by atoms with Crippen LogP contribution >= 0.6 is 11.8 Å². The number of thioether (sulfide) groups is 1. The molecule has 2 aromatic rings. The summed E-state index contributed by atoms with van der Waals surface area (Å²) in [7, 11) is 0. The highest BCUT2D eigenvalue weighted by atomic mass is 32.2. The van der Waals surface area contributed by atoms with E-state index in [-0.39, 0.29) is 5.91 Å². The molecule has 2 rings (SSSR count). The molecular weight excluding hydrogens is 282 g/mol. The van der Waals surface area contributed by atoms with E-state index in [9.17, 15) is 4.79 Å². The van der Waals surface area contributed by atoms with Gasteiger partial charge in [-0.3, -0.25) is 4.79 Å². The predicted molar refractivity (Wildman–Crippen MR) is 88.1 cm³/mol. The first kappa shape index (κ1) is 15.4. The zero-order valence-corrected chi connectivity index (χ0v) is 13.1. The molecule has 0 spiro atoms. The van der Waals surface area contributed by atoms with Gasteiger partial charge in [-0.05, 0) is 43.5 Å². The Morgan fingerprint density at radius 2 is 1.95 bits per heavy atom. The van der Waals surface area contributed by atoms with Gasteiger partial charge in [0.15, 0.2) is 0 Å². The molecular formula is C17H19NO2S. The number of rotatable bonds is 6. The second-order valence-electron chi connectivity index (χ2n) is 4.69. The van der Waals surface area contributed by atoms with Crippen LogP contribution in [0, 0.1) is 6.92 Å². The fraction of sp³-hybridized carbons (Fsp3) is 0.235. The Bertz CT molecular complexity index is 596. The maximum absolute atomic E-state index is 11.9. The van der Waals surface area contributed by atoms with Crippen molar-refractivity contribution in [3.8, 4) is 5.75 Å². The smallest absolute Gasteiger partial charge is 0.227 e. The van der Waals surface area contributed by atoms with Gasteiger partial charge in [-0.1, -0.05) is 23.8 Å². The summed E-state index contributed by atoms with van der Waals surface area (Å²) in [6.45, 7) is 2.40. The van der Waals surface area contributed by atoms with Crippen LogP contribution in [0.4, 0.5) is 5.69 Å². The molecule has 0 aliphatic carbocycles. The van der Waals surface area contributed by atoms with E-state index in [2.05, 4.69) is 5.32 Å². The van der Waals surface area contributed by atoms with E-state index in [1.165, 1.54) is 5.56 Å². The van der Waals surface area contributed by atoms with Crippen molar-refractivity contribution in [1.82, 2.24) is 0 Å². The number of amides is 1. The van der Waals surface area contributed by atoms with E-state index in [0.717, 1.165) is 16.3 Å². The number of benzene rings is 2. The molecule has 0 fully saturated rings. The normalized spacial score (nSPS) is 10.2. The van der Waals surface area contributed by atoms with Crippen molar-refractivity contribution in [1.29, 1.82) is 0 Å². The lowest BCUT2D eigenvalue weighted by Gasteiger charge is -2.08. The molecule has 0 radical (unpaired) electrons. The van der Waals surface area contributed by atoms with E-state index >= 15 is 0 Å². The number of carbonyl (C=O) groups is 1. The molecule has 21 heavy (non-hydrogen) atoms. The molecule has 2 aromatic carbocycles. The summed E-state index contributed by atoms with van der Waals surface area (Å²) in [5.74, 6) is 0.748. The Morgan fingerprint density at radius 1 is 1.19 bits per heavy atom. The van der Waals surface area contributed by atoms with Gasteiger partial charge in [0, 0.05) is 10.6 Å². The first-order valence-corrected chi connectivity index (χ1v) is 8.03. The lowest BCUT2D eigenvalue weighted by molar-refractivity contribution is -0.116. The summed E-state index contributed by atoms with van der Waals surface area (Å²) in [5, 5.41) is 2.88. The molecule has 0 heterocycles. The topological polar surface area (TPSA) is 38.3 Å². The van der Waals surface area contributed by atoms with E-state index in [1.54, 1.807) is 11.8 Å². The van der Waals surface area contributed by atoms with Crippen LogP contribution in [-0.2, 0) is 4.79 Å². The van der Waals surface area contributed by atoms with Crippen molar-refractivity contribution in [3.05, 3.63) is 54.1 Å². The molecule has 0 bridgehead atoms. The molecule has 0 saturated heterocycles. The highest BCUT2D eigenvalue weighted by Crippen LogP contribution is 2.19. The molecule has 110 valence electrons. The number of hydrogen-bond donors (Lipinski definition) is 1. The molecule has 0 aromatic heterocycles. The minimum Gasteiger partial charge on any atom is -0.493 e. The average molecular weight is 301 g/mol. The van der Waals surface area contributed by atoms with Crippen molar-refractivity contribution in [2.24, 2.45) is 0 Å². The standard InChI is InChI=1S/C17H19NO2S/c1-13-6-8-15(9-7-13)20-11-10-17(19)18-14-4-3-5-16(12-14)21-2/h3-9,12H,10-11H2,1-2H3,(H,18,19). The van der Waals surface area contributed by atoms with E-state index < -0.39 is 0 Å². The number of nitrogens with one attached hydrogen (secondary N) is 1. The van der Waals surface area contributed by atoms with Gasteiger partial charge in [0.1, 0.15) is 5.75 Å². The third-order valence-corrected chi connectivity index (χ3v) is 3.70. The first-order chi connectivity index (χ1) is 10.2.